The van der Waals surface area contributed by atoms with Crippen molar-refractivity contribution in [2.45, 2.75) is 31.8 Å². The van der Waals surface area contributed by atoms with Gasteiger partial charge in [0.2, 0.25) is 0 Å². The number of rotatable bonds is 4. The molecule has 0 spiro atoms. The van der Waals surface area contributed by atoms with E-state index >= 15 is 0 Å². The zero-order valence-electron chi connectivity index (χ0n) is 12.6. The summed E-state index contributed by atoms with van der Waals surface area (Å²) >= 11 is 0. The van der Waals surface area contributed by atoms with Crippen LogP contribution in [0, 0.1) is 0 Å². The lowest BCUT2D eigenvalue weighted by atomic mass is 10.0. The van der Waals surface area contributed by atoms with Gasteiger partial charge in [0.1, 0.15) is 0 Å². The van der Waals surface area contributed by atoms with E-state index in [1.54, 1.807) is 20.3 Å². The molecule has 0 aromatic heterocycles. The molecule has 0 atom stereocenters. The SMILES string of the molecule is C1CCC1.CO[SiH2]OC.NC(N)C=Cc1ccccc1. The van der Waals surface area contributed by atoms with E-state index in [4.69, 9.17) is 11.5 Å². The topological polar surface area (TPSA) is 70.5 Å². The van der Waals surface area contributed by atoms with Crippen molar-refractivity contribution in [2.24, 2.45) is 11.5 Å². The van der Waals surface area contributed by atoms with E-state index in [1.807, 2.05) is 36.4 Å². The first-order valence-electron chi connectivity index (χ1n) is 6.93. The van der Waals surface area contributed by atoms with Crippen molar-refractivity contribution in [3.05, 3.63) is 42.0 Å². The number of hydrogen-bond acceptors (Lipinski definition) is 4. The van der Waals surface area contributed by atoms with Crippen LogP contribution in [-0.4, -0.2) is 30.4 Å². The first kappa shape index (κ1) is 19.0. The molecule has 0 aliphatic heterocycles. The summed E-state index contributed by atoms with van der Waals surface area (Å²) in [4.78, 5) is 0. The smallest absolute Gasteiger partial charge is 0.303 e. The van der Waals surface area contributed by atoms with Crippen molar-refractivity contribution < 1.29 is 8.85 Å². The first-order valence-corrected chi connectivity index (χ1v) is 8.08. The maximum absolute atomic E-state index is 5.33. The van der Waals surface area contributed by atoms with E-state index in [1.165, 1.54) is 25.7 Å². The molecule has 114 valence electrons. The van der Waals surface area contributed by atoms with Crippen LogP contribution in [0.3, 0.4) is 0 Å². The van der Waals surface area contributed by atoms with Gasteiger partial charge >= 0.3 is 10.0 Å². The zero-order valence-corrected chi connectivity index (χ0v) is 14.0. The molecule has 1 aliphatic carbocycles. The van der Waals surface area contributed by atoms with Gasteiger partial charge in [0.25, 0.3) is 0 Å². The molecule has 1 saturated carbocycles. The van der Waals surface area contributed by atoms with Crippen molar-refractivity contribution in [1.29, 1.82) is 0 Å². The Kier molecular flexibility index (Phi) is 13.7. The summed E-state index contributed by atoms with van der Waals surface area (Å²) in [6, 6.07) is 9.92. The second-order valence-electron chi connectivity index (χ2n) is 4.46. The van der Waals surface area contributed by atoms with Crippen molar-refractivity contribution in [3.8, 4) is 0 Å². The van der Waals surface area contributed by atoms with Gasteiger partial charge in [-0.05, 0) is 5.56 Å². The Balaban J connectivity index is 0.000000330. The summed E-state index contributed by atoms with van der Waals surface area (Å²) in [7, 11) is 2.73. The highest BCUT2D eigenvalue weighted by Gasteiger charge is 1.95. The Morgan fingerprint density at radius 3 is 1.80 bits per heavy atom. The van der Waals surface area contributed by atoms with Gasteiger partial charge in [-0.2, -0.15) is 0 Å². The van der Waals surface area contributed by atoms with E-state index in [0.717, 1.165) is 5.56 Å². The Labute approximate surface area is 125 Å². The van der Waals surface area contributed by atoms with Crippen LogP contribution in [0.4, 0.5) is 0 Å². The fourth-order valence-electron chi connectivity index (χ4n) is 1.15. The van der Waals surface area contributed by atoms with E-state index in [2.05, 4.69) is 8.85 Å². The minimum atomic E-state index is -0.568. The Morgan fingerprint density at radius 1 is 1.00 bits per heavy atom. The van der Waals surface area contributed by atoms with Crippen LogP contribution in [0.25, 0.3) is 6.08 Å². The molecular formula is C15H28N2O2Si. The van der Waals surface area contributed by atoms with Crippen LogP contribution in [-0.2, 0) is 8.85 Å². The fourth-order valence-corrected chi connectivity index (χ4v) is 1.39. The highest BCUT2D eigenvalue weighted by molar-refractivity contribution is 6.17. The molecule has 20 heavy (non-hydrogen) atoms. The summed E-state index contributed by atoms with van der Waals surface area (Å²) in [5.41, 5.74) is 11.8. The van der Waals surface area contributed by atoms with Gasteiger partial charge in [-0.1, -0.05) is 68.2 Å². The van der Waals surface area contributed by atoms with Crippen molar-refractivity contribution in [2.75, 3.05) is 14.2 Å². The van der Waals surface area contributed by atoms with E-state index in [0.29, 0.717) is 0 Å². The molecule has 1 aromatic rings. The Morgan fingerprint density at radius 2 is 1.50 bits per heavy atom. The van der Waals surface area contributed by atoms with Crippen LogP contribution in [0.5, 0.6) is 0 Å². The highest BCUT2D eigenvalue weighted by atomic mass is 28.3. The number of benzene rings is 1. The van der Waals surface area contributed by atoms with E-state index in [9.17, 15) is 0 Å². The summed E-state index contributed by atoms with van der Waals surface area (Å²) < 4.78 is 9.22. The molecule has 0 saturated heterocycles. The van der Waals surface area contributed by atoms with Crippen LogP contribution in [0.1, 0.15) is 31.2 Å². The molecule has 0 amide bonds. The standard InChI is InChI=1S/C9H12N2.C4H8.C2H8O2Si/c10-9(11)7-6-8-4-2-1-3-5-8;1-2-4-3-1;1-3-5-4-2/h1-7,9H,10-11H2;1-4H2;5H2,1-2H3. The molecule has 1 aromatic carbocycles. The molecule has 0 bridgehead atoms. The van der Waals surface area contributed by atoms with Crippen LogP contribution in [0.2, 0.25) is 0 Å². The normalized spacial score (nSPS) is 13.1. The second kappa shape index (κ2) is 14.4. The predicted molar refractivity (Wildman–Crippen MR) is 88.7 cm³/mol. The highest BCUT2D eigenvalue weighted by Crippen LogP contribution is 2.15. The second-order valence-corrected chi connectivity index (χ2v) is 5.85. The largest absolute Gasteiger partial charge is 0.402 e. The molecule has 2 rings (SSSR count). The summed E-state index contributed by atoms with van der Waals surface area (Å²) in [6.07, 6.45) is 9.30. The molecule has 1 fully saturated rings. The van der Waals surface area contributed by atoms with Crippen LogP contribution in [0.15, 0.2) is 36.4 Å². The lowest BCUT2D eigenvalue weighted by Crippen LogP contribution is -2.27. The van der Waals surface area contributed by atoms with Crippen molar-refractivity contribution in [1.82, 2.24) is 0 Å². The fraction of sp³-hybridized carbons (Fsp3) is 0.467. The molecule has 0 radical (unpaired) electrons. The average Bonchev–Trinajstić information content (AvgIpc) is 2.37. The van der Waals surface area contributed by atoms with Gasteiger partial charge in [-0.25, -0.2) is 0 Å². The number of nitrogens with two attached hydrogens (primary N) is 2. The summed E-state index contributed by atoms with van der Waals surface area (Å²) in [5, 5.41) is 0. The molecule has 0 heterocycles. The van der Waals surface area contributed by atoms with E-state index < -0.39 is 10.0 Å². The number of hydrogen-bond donors (Lipinski definition) is 2. The third kappa shape index (κ3) is 13.4. The van der Waals surface area contributed by atoms with Gasteiger partial charge in [0, 0.05) is 14.2 Å². The lowest BCUT2D eigenvalue weighted by Gasteiger charge is -2.05. The third-order valence-electron chi connectivity index (χ3n) is 2.55. The van der Waals surface area contributed by atoms with Gasteiger partial charge in [0.15, 0.2) is 0 Å². The van der Waals surface area contributed by atoms with Crippen molar-refractivity contribution >= 4 is 16.1 Å². The van der Waals surface area contributed by atoms with E-state index in [-0.39, 0.29) is 6.17 Å². The Bertz CT molecular complexity index is 322. The van der Waals surface area contributed by atoms with Gasteiger partial charge < -0.3 is 20.3 Å². The third-order valence-corrected chi connectivity index (χ3v) is 3.02. The van der Waals surface area contributed by atoms with Crippen LogP contribution < -0.4 is 11.5 Å². The van der Waals surface area contributed by atoms with Gasteiger partial charge in [-0.3, -0.25) is 0 Å². The van der Waals surface area contributed by atoms with Crippen molar-refractivity contribution in [3.63, 3.8) is 0 Å². The molecule has 5 heteroatoms. The lowest BCUT2D eigenvalue weighted by molar-refractivity contribution is 0.309. The minimum Gasteiger partial charge on any atom is -0.402 e. The monoisotopic (exact) mass is 296 g/mol. The van der Waals surface area contributed by atoms with Gasteiger partial charge in [0.05, 0.1) is 6.17 Å². The molecule has 1 aliphatic rings. The van der Waals surface area contributed by atoms with Gasteiger partial charge in [-0.15, -0.1) is 0 Å². The maximum atomic E-state index is 5.33. The molecular weight excluding hydrogens is 268 g/mol. The molecule has 4 nitrogen and oxygen atoms in total. The summed E-state index contributed by atoms with van der Waals surface area (Å²) in [6.45, 7) is 0. The molecule has 4 N–H and O–H groups in total. The summed E-state index contributed by atoms with van der Waals surface area (Å²) in [5.74, 6) is 0. The zero-order chi connectivity index (χ0) is 15.1. The maximum Gasteiger partial charge on any atom is 0.303 e. The quantitative estimate of drug-likeness (QED) is 0.656. The molecule has 0 unspecified atom stereocenters. The first-order chi connectivity index (χ1) is 9.70. The minimum absolute atomic E-state index is 0.366. The predicted octanol–water partition coefficient (Wildman–Crippen LogP) is 1.78. The Hall–Kier alpha value is -0.983. The van der Waals surface area contributed by atoms with Crippen LogP contribution >= 0.6 is 0 Å². The average molecular weight is 296 g/mol.